The smallest absolute Gasteiger partial charge is 0.0431 e. The van der Waals surface area contributed by atoms with Gasteiger partial charge in [-0.25, -0.2) is 0 Å². The number of hydrogen-bond acceptors (Lipinski definition) is 2. The van der Waals surface area contributed by atoms with Crippen molar-refractivity contribution in [3.8, 4) is 11.1 Å². The number of benzene rings is 2. The first-order chi connectivity index (χ1) is 9.70. The molecule has 0 aliphatic heterocycles. The first-order valence-electron chi connectivity index (χ1n) is 7.38. The summed E-state index contributed by atoms with van der Waals surface area (Å²) in [5, 5.41) is 0. The monoisotopic (exact) mass is 282 g/mol. The summed E-state index contributed by atoms with van der Waals surface area (Å²) in [4.78, 5) is 2.10. The van der Waals surface area contributed by atoms with E-state index in [-0.39, 0.29) is 5.41 Å². The van der Waals surface area contributed by atoms with Gasteiger partial charge in [0.25, 0.3) is 0 Å². The molecule has 2 aromatic carbocycles. The van der Waals surface area contributed by atoms with E-state index in [1.807, 2.05) is 14.1 Å². The topological polar surface area (TPSA) is 29.3 Å². The van der Waals surface area contributed by atoms with Crippen molar-refractivity contribution in [3.05, 3.63) is 47.5 Å². The third-order valence-corrected chi connectivity index (χ3v) is 3.83. The van der Waals surface area contributed by atoms with Crippen molar-refractivity contribution in [2.24, 2.45) is 0 Å². The van der Waals surface area contributed by atoms with Crippen molar-refractivity contribution in [2.75, 3.05) is 24.7 Å². The number of nitrogens with two attached hydrogens (primary N) is 1. The van der Waals surface area contributed by atoms with E-state index < -0.39 is 0 Å². The summed E-state index contributed by atoms with van der Waals surface area (Å²) < 4.78 is 0. The van der Waals surface area contributed by atoms with Crippen molar-refractivity contribution >= 4 is 11.4 Å². The number of aryl methyl sites for hydroxylation is 1. The minimum Gasteiger partial charge on any atom is -0.398 e. The van der Waals surface area contributed by atoms with Crippen molar-refractivity contribution in [3.63, 3.8) is 0 Å². The second-order valence-corrected chi connectivity index (χ2v) is 6.97. The summed E-state index contributed by atoms with van der Waals surface area (Å²) in [6.45, 7) is 8.75. The van der Waals surface area contributed by atoms with Gasteiger partial charge in [-0.3, -0.25) is 0 Å². The summed E-state index contributed by atoms with van der Waals surface area (Å²) >= 11 is 0. The molecule has 0 saturated heterocycles. The number of nitrogens with zero attached hydrogens (tertiary/aromatic N) is 1. The van der Waals surface area contributed by atoms with Gasteiger partial charge in [-0.05, 0) is 41.7 Å². The molecule has 0 bridgehead atoms. The number of hydrogen-bond donors (Lipinski definition) is 1. The molecule has 0 saturated carbocycles. The van der Waals surface area contributed by atoms with Gasteiger partial charge < -0.3 is 10.6 Å². The lowest BCUT2D eigenvalue weighted by Crippen LogP contribution is -2.15. The van der Waals surface area contributed by atoms with E-state index in [0.717, 1.165) is 11.3 Å². The molecule has 0 unspecified atom stereocenters. The Bertz CT molecular complexity index is 632. The summed E-state index contributed by atoms with van der Waals surface area (Å²) in [5.41, 5.74) is 13.4. The highest BCUT2D eigenvalue weighted by Crippen LogP contribution is 2.36. The zero-order chi connectivity index (χ0) is 15.8. The molecule has 21 heavy (non-hydrogen) atoms. The zero-order valence-corrected chi connectivity index (χ0v) is 14.0. The Balaban J connectivity index is 2.56. The Morgan fingerprint density at radius 1 is 0.952 bits per heavy atom. The van der Waals surface area contributed by atoms with Crippen molar-refractivity contribution in [1.82, 2.24) is 0 Å². The fourth-order valence-corrected chi connectivity index (χ4v) is 2.60. The molecule has 0 aromatic heterocycles. The Hall–Kier alpha value is -1.96. The fourth-order valence-electron chi connectivity index (χ4n) is 2.60. The minimum atomic E-state index is 0.0500. The van der Waals surface area contributed by atoms with E-state index in [2.05, 4.69) is 69.0 Å². The maximum atomic E-state index is 6.46. The normalized spacial score (nSPS) is 11.5. The van der Waals surface area contributed by atoms with Crippen LogP contribution in [0, 0.1) is 6.92 Å². The lowest BCUT2D eigenvalue weighted by atomic mass is 9.82. The van der Waals surface area contributed by atoms with Crippen LogP contribution in [0.4, 0.5) is 11.4 Å². The summed E-state index contributed by atoms with van der Waals surface area (Å²) in [6.07, 6.45) is 0. The quantitative estimate of drug-likeness (QED) is 0.815. The number of nitrogen functional groups attached to an aromatic ring is 1. The van der Waals surface area contributed by atoms with Gasteiger partial charge in [0.15, 0.2) is 0 Å². The van der Waals surface area contributed by atoms with Crippen molar-refractivity contribution in [1.29, 1.82) is 0 Å². The molecular weight excluding hydrogens is 256 g/mol. The van der Waals surface area contributed by atoms with Gasteiger partial charge in [-0.2, -0.15) is 0 Å². The average Bonchev–Trinajstić information content (AvgIpc) is 2.40. The molecule has 2 aromatic rings. The largest absolute Gasteiger partial charge is 0.398 e. The molecule has 0 aliphatic carbocycles. The van der Waals surface area contributed by atoms with E-state index in [9.17, 15) is 0 Å². The Morgan fingerprint density at radius 3 is 2.00 bits per heavy atom. The Morgan fingerprint density at radius 2 is 1.52 bits per heavy atom. The van der Waals surface area contributed by atoms with E-state index >= 15 is 0 Å². The van der Waals surface area contributed by atoms with Gasteiger partial charge in [0, 0.05) is 31.0 Å². The van der Waals surface area contributed by atoms with Crippen LogP contribution in [0.15, 0.2) is 36.4 Å². The highest BCUT2D eigenvalue weighted by Gasteiger charge is 2.19. The average molecular weight is 282 g/mol. The third-order valence-electron chi connectivity index (χ3n) is 3.83. The molecule has 0 radical (unpaired) electrons. The molecule has 0 amide bonds. The van der Waals surface area contributed by atoms with Crippen molar-refractivity contribution < 1.29 is 0 Å². The van der Waals surface area contributed by atoms with Crippen molar-refractivity contribution in [2.45, 2.75) is 33.1 Å². The molecule has 112 valence electrons. The fraction of sp³-hybridized carbons (Fsp3) is 0.368. The summed E-state index contributed by atoms with van der Waals surface area (Å²) in [5.74, 6) is 0. The molecule has 0 atom stereocenters. The predicted octanol–water partition coefficient (Wildman–Crippen LogP) is 4.61. The van der Waals surface area contributed by atoms with Crippen LogP contribution < -0.4 is 10.6 Å². The molecule has 2 heteroatoms. The Kier molecular flexibility index (Phi) is 3.99. The lowest BCUT2D eigenvalue weighted by Gasteiger charge is -2.24. The van der Waals surface area contributed by atoms with Crippen LogP contribution in [-0.2, 0) is 5.41 Å². The van der Waals surface area contributed by atoms with Gasteiger partial charge >= 0.3 is 0 Å². The molecule has 2 rings (SSSR count). The van der Waals surface area contributed by atoms with Gasteiger partial charge in [-0.1, -0.05) is 44.5 Å². The van der Waals surface area contributed by atoms with E-state index in [4.69, 9.17) is 5.73 Å². The number of anilines is 2. The van der Waals surface area contributed by atoms with Crippen LogP contribution in [0.5, 0.6) is 0 Å². The van der Waals surface area contributed by atoms with Gasteiger partial charge in [0.1, 0.15) is 0 Å². The molecule has 0 fully saturated rings. The number of rotatable bonds is 2. The summed E-state index contributed by atoms with van der Waals surface area (Å²) in [7, 11) is 4.10. The van der Waals surface area contributed by atoms with E-state index in [0.29, 0.717) is 0 Å². The third kappa shape index (κ3) is 3.21. The van der Waals surface area contributed by atoms with Crippen LogP contribution in [0.25, 0.3) is 11.1 Å². The van der Waals surface area contributed by atoms with Crippen LogP contribution in [-0.4, -0.2) is 14.1 Å². The van der Waals surface area contributed by atoms with Crippen LogP contribution in [0.2, 0.25) is 0 Å². The van der Waals surface area contributed by atoms with Crippen LogP contribution in [0.1, 0.15) is 31.9 Å². The zero-order valence-electron chi connectivity index (χ0n) is 14.0. The highest BCUT2D eigenvalue weighted by atomic mass is 15.1. The van der Waals surface area contributed by atoms with Crippen LogP contribution in [0.3, 0.4) is 0 Å². The standard InChI is InChI=1S/C19H26N2/c1-13-11-16(18(20)17(12-13)19(2,3)4)14-7-9-15(10-8-14)21(5)6/h7-12H,20H2,1-6H3. The minimum absolute atomic E-state index is 0.0500. The molecule has 0 spiro atoms. The van der Waals surface area contributed by atoms with E-state index in [1.165, 1.54) is 22.4 Å². The Labute approximate surface area is 128 Å². The van der Waals surface area contributed by atoms with Gasteiger partial charge in [-0.15, -0.1) is 0 Å². The highest BCUT2D eigenvalue weighted by molar-refractivity contribution is 5.80. The second-order valence-electron chi connectivity index (χ2n) is 6.97. The van der Waals surface area contributed by atoms with E-state index in [1.54, 1.807) is 0 Å². The van der Waals surface area contributed by atoms with Crippen LogP contribution >= 0.6 is 0 Å². The predicted molar refractivity (Wildman–Crippen MR) is 94.1 cm³/mol. The maximum Gasteiger partial charge on any atom is 0.0431 e. The van der Waals surface area contributed by atoms with Gasteiger partial charge in [0.2, 0.25) is 0 Å². The summed E-state index contributed by atoms with van der Waals surface area (Å²) in [6, 6.07) is 12.9. The first-order valence-corrected chi connectivity index (χ1v) is 7.38. The molecular formula is C19H26N2. The molecule has 2 nitrogen and oxygen atoms in total. The molecule has 0 heterocycles. The second kappa shape index (κ2) is 5.44. The molecule has 2 N–H and O–H groups in total. The molecule has 0 aliphatic rings. The first kappa shape index (κ1) is 15.4. The SMILES string of the molecule is Cc1cc(-c2ccc(N(C)C)cc2)c(N)c(C(C)(C)C)c1. The van der Waals surface area contributed by atoms with Gasteiger partial charge in [0.05, 0.1) is 0 Å². The lowest BCUT2D eigenvalue weighted by molar-refractivity contribution is 0.592. The maximum absolute atomic E-state index is 6.46.